The number of halogens is 2. The van der Waals surface area contributed by atoms with Crippen LogP contribution in [0.25, 0.3) is 0 Å². The molecule has 1 aromatic rings. The number of rotatable bonds is 7. The number of hydrogen-bond acceptors (Lipinski definition) is 3. The molecular weight excluding hydrogens is 391 g/mol. The maximum Gasteiger partial charge on any atom is 0.214 e. The van der Waals surface area contributed by atoms with Gasteiger partial charge in [-0.05, 0) is 37.8 Å². The van der Waals surface area contributed by atoms with Crippen LogP contribution in [0, 0.1) is 5.82 Å². The van der Waals surface area contributed by atoms with Gasteiger partial charge in [-0.15, -0.1) is 0 Å². The molecule has 152 valence electrons. The fraction of sp³-hybridized carbons (Fsp3) is 0.611. The Balaban J connectivity index is 1.79. The molecule has 27 heavy (non-hydrogen) atoms. The molecule has 9 heteroatoms. The van der Waals surface area contributed by atoms with Gasteiger partial charge in [-0.25, -0.2) is 17.1 Å². The fourth-order valence-corrected chi connectivity index (χ4v) is 4.93. The molecule has 1 heterocycles. The maximum atomic E-state index is 13.8. The summed E-state index contributed by atoms with van der Waals surface area (Å²) in [5, 5.41) is 6.90. The van der Waals surface area contributed by atoms with Gasteiger partial charge >= 0.3 is 0 Å². The zero-order valence-corrected chi connectivity index (χ0v) is 17.4. The number of aliphatic imine (C=N–C) groups is 1. The van der Waals surface area contributed by atoms with Crippen LogP contribution < -0.4 is 10.6 Å². The van der Waals surface area contributed by atoms with E-state index in [0.29, 0.717) is 49.0 Å². The van der Waals surface area contributed by atoms with Gasteiger partial charge in [-0.3, -0.25) is 4.99 Å². The Morgan fingerprint density at radius 2 is 2.07 bits per heavy atom. The zero-order valence-electron chi connectivity index (χ0n) is 15.8. The minimum Gasteiger partial charge on any atom is -0.356 e. The molecule has 0 bridgehead atoms. The van der Waals surface area contributed by atoms with E-state index in [1.807, 2.05) is 6.92 Å². The molecule has 0 aliphatic carbocycles. The van der Waals surface area contributed by atoms with Crippen LogP contribution in [-0.4, -0.2) is 57.2 Å². The number of hydrogen-bond donors (Lipinski definition) is 2. The largest absolute Gasteiger partial charge is 0.356 e. The lowest BCUT2D eigenvalue weighted by molar-refractivity contribution is 0.306. The quantitative estimate of drug-likeness (QED) is 0.526. The number of nitrogens with one attached hydrogen (secondary N) is 2. The van der Waals surface area contributed by atoms with Gasteiger partial charge in [-0.2, -0.15) is 0 Å². The van der Waals surface area contributed by atoms with Crippen molar-refractivity contribution in [3.05, 3.63) is 34.6 Å². The Morgan fingerprint density at radius 1 is 1.37 bits per heavy atom. The molecule has 1 saturated heterocycles. The van der Waals surface area contributed by atoms with Crippen molar-refractivity contribution in [2.75, 3.05) is 32.4 Å². The van der Waals surface area contributed by atoms with Crippen LogP contribution >= 0.6 is 11.6 Å². The molecule has 0 aromatic heterocycles. The van der Waals surface area contributed by atoms with Crippen molar-refractivity contribution in [3.8, 4) is 0 Å². The first-order valence-corrected chi connectivity index (χ1v) is 11.2. The molecule has 6 nitrogen and oxygen atoms in total. The third kappa shape index (κ3) is 6.33. The van der Waals surface area contributed by atoms with E-state index in [1.54, 1.807) is 23.5 Å². The molecule has 1 fully saturated rings. The van der Waals surface area contributed by atoms with Crippen molar-refractivity contribution >= 4 is 27.6 Å². The number of piperidine rings is 1. The third-order valence-electron chi connectivity index (χ3n) is 4.60. The van der Waals surface area contributed by atoms with E-state index in [0.717, 1.165) is 12.8 Å². The van der Waals surface area contributed by atoms with Gasteiger partial charge in [0.15, 0.2) is 5.96 Å². The first-order chi connectivity index (χ1) is 12.9. The molecule has 0 spiro atoms. The van der Waals surface area contributed by atoms with Crippen LogP contribution in [0.3, 0.4) is 0 Å². The van der Waals surface area contributed by atoms with Crippen LogP contribution in [0.4, 0.5) is 4.39 Å². The summed E-state index contributed by atoms with van der Waals surface area (Å²) in [6.07, 6.45) is 2.52. The molecule has 0 atom stereocenters. The lowest BCUT2D eigenvalue weighted by atomic mass is 10.1. The van der Waals surface area contributed by atoms with E-state index in [1.165, 1.54) is 6.07 Å². The van der Waals surface area contributed by atoms with E-state index in [4.69, 9.17) is 11.6 Å². The van der Waals surface area contributed by atoms with E-state index in [-0.39, 0.29) is 17.6 Å². The van der Waals surface area contributed by atoms with Crippen molar-refractivity contribution in [1.29, 1.82) is 0 Å². The Labute approximate surface area is 166 Å². The summed E-state index contributed by atoms with van der Waals surface area (Å²) in [5.74, 6) is 0.512. The number of nitrogens with zero attached hydrogens (tertiary/aromatic N) is 2. The van der Waals surface area contributed by atoms with Gasteiger partial charge < -0.3 is 10.6 Å². The first kappa shape index (κ1) is 21.9. The van der Waals surface area contributed by atoms with E-state index in [2.05, 4.69) is 15.6 Å². The average Bonchev–Trinajstić information content (AvgIpc) is 2.63. The van der Waals surface area contributed by atoms with Crippen LogP contribution in [0.5, 0.6) is 0 Å². The second kappa shape index (κ2) is 10.2. The molecule has 1 aromatic carbocycles. The second-order valence-corrected chi connectivity index (χ2v) is 9.08. The van der Waals surface area contributed by atoms with Crippen LogP contribution in [0.15, 0.2) is 23.2 Å². The SMILES string of the molecule is CCCS(=O)(=O)N1CCC(NC(=NC)NCCc2c(F)cccc2Cl)CC1. The minimum atomic E-state index is -3.13. The van der Waals surface area contributed by atoms with Crippen molar-refractivity contribution < 1.29 is 12.8 Å². The highest BCUT2D eigenvalue weighted by atomic mass is 35.5. The van der Waals surface area contributed by atoms with Crippen LogP contribution in [0.2, 0.25) is 5.02 Å². The number of sulfonamides is 1. The Kier molecular flexibility index (Phi) is 8.31. The molecule has 1 aliphatic heterocycles. The second-order valence-electron chi connectivity index (χ2n) is 6.58. The summed E-state index contributed by atoms with van der Waals surface area (Å²) >= 11 is 6.04. The number of guanidine groups is 1. The first-order valence-electron chi connectivity index (χ1n) is 9.25. The molecular formula is C18H28ClFN4O2S. The van der Waals surface area contributed by atoms with Gasteiger partial charge in [0.05, 0.1) is 5.75 Å². The number of benzene rings is 1. The normalized spacial score (nSPS) is 17.1. The molecule has 0 saturated carbocycles. The summed E-state index contributed by atoms with van der Waals surface area (Å²) in [6.45, 7) is 3.39. The predicted octanol–water partition coefficient (Wildman–Crippen LogP) is 2.39. The highest BCUT2D eigenvalue weighted by Gasteiger charge is 2.27. The van der Waals surface area contributed by atoms with Crippen molar-refractivity contribution in [3.63, 3.8) is 0 Å². The molecule has 0 unspecified atom stereocenters. The van der Waals surface area contributed by atoms with E-state index in [9.17, 15) is 12.8 Å². The van der Waals surface area contributed by atoms with Gasteiger partial charge in [0, 0.05) is 43.3 Å². The summed E-state index contributed by atoms with van der Waals surface area (Å²) in [5.41, 5.74) is 0.483. The molecule has 2 N–H and O–H groups in total. The Morgan fingerprint density at radius 3 is 2.67 bits per heavy atom. The van der Waals surface area contributed by atoms with Crippen LogP contribution in [-0.2, 0) is 16.4 Å². The highest BCUT2D eigenvalue weighted by molar-refractivity contribution is 7.89. The summed E-state index contributed by atoms with van der Waals surface area (Å²) in [6, 6.07) is 4.81. The lowest BCUT2D eigenvalue weighted by Crippen LogP contribution is -2.50. The van der Waals surface area contributed by atoms with Gasteiger partial charge in [0.25, 0.3) is 0 Å². The third-order valence-corrected chi connectivity index (χ3v) is 7.03. The monoisotopic (exact) mass is 418 g/mol. The summed E-state index contributed by atoms with van der Waals surface area (Å²) in [7, 11) is -1.46. The van der Waals surface area contributed by atoms with Crippen molar-refractivity contribution in [2.45, 2.75) is 38.6 Å². The Bertz CT molecular complexity index is 729. The summed E-state index contributed by atoms with van der Waals surface area (Å²) < 4.78 is 39.6. The van der Waals surface area contributed by atoms with E-state index >= 15 is 0 Å². The maximum absolute atomic E-state index is 13.8. The average molecular weight is 419 g/mol. The summed E-state index contributed by atoms with van der Waals surface area (Å²) in [4.78, 5) is 4.19. The molecule has 2 rings (SSSR count). The van der Waals surface area contributed by atoms with Crippen molar-refractivity contribution in [2.24, 2.45) is 4.99 Å². The van der Waals surface area contributed by atoms with Crippen LogP contribution in [0.1, 0.15) is 31.7 Å². The van der Waals surface area contributed by atoms with E-state index < -0.39 is 10.0 Å². The standard InChI is InChI=1S/C18H28ClFN4O2S/c1-3-13-27(25,26)24-11-8-14(9-12-24)23-18(21-2)22-10-7-15-16(19)5-4-6-17(15)20/h4-6,14H,3,7-13H2,1-2H3,(H2,21,22,23). The van der Waals surface area contributed by atoms with Crippen molar-refractivity contribution in [1.82, 2.24) is 14.9 Å². The highest BCUT2D eigenvalue weighted by Crippen LogP contribution is 2.19. The van der Waals surface area contributed by atoms with Gasteiger partial charge in [0.2, 0.25) is 10.0 Å². The minimum absolute atomic E-state index is 0.154. The fourth-order valence-electron chi connectivity index (χ4n) is 3.13. The van der Waals surface area contributed by atoms with Gasteiger partial charge in [0.1, 0.15) is 5.82 Å². The molecule has 0 amide bonds. The van der Waals surface area contributed by atoms with Gasteiger partial charge in [-0.1, -0.05) is 24.6 Å². The topological polar surface area (TPSA) is 73.8 Å². The molecule has 0 radical (unpaired) electrons. The smallest absolute Gasteiger partial charge is 0.214 e. The zero-order chi connectivity index (χ0) is 19.9. The Hall–Kier alpha value is -1.38. The molecule has 1 aliphatic rings. The predicted molar refractivity (Wildman–Crippen MR) is 108 cm³/mol. The lowest BCUT2D eigenvalue weighted by Gasteiger charge is -2.32.